The maximum Gasteiger partial charge on any atom is 0.0517 e. The molecular formula is C14H23N3S. The minimum Gasteiger partial charge on any atom is -0.326 e. The molecule has 3 atom stereocenters. The van der Waals surface area contributed by atoms with Crippen LogP contribution in [0.4, 0.5) is 0 Å². The van der Waals surface area contributed by atoms with Crippen molar-refractivity contribution < 1.29 is 0 Å². The van der Waals surface area contributed by atoms with Gasteiger partial charge in [-0.2, -0.15) is 11.8 Å². The smallest absolute Gasteiger partial charge is 0.0517 e. The first-order valence-corrected chi connectivity index (χ1v) is 7.88. The lowest BCUT2D eigenvalue weighted by atomic mass is 9.96. The lowest BCUT2D eigenvalue weighted by Crippen LogP contribution is -2.49. The summed E-state index contributed by atoms with van der Waals surface area (Å²) in [6, 6.07) is 5.24. The third kappa shape index (κ3) is 3.05. The van der Waals surface area contributed by atoms with Gasteiger partial charge >= 0.3 is 0 Å². The molecule has 0 aromatic carbocycles. The van der Waals surface area contributed by atoms with Crippen LogP contribution in [0.1, 0.15) is 31.9 Å². The van der Waals surface area contributed by atoms with Crippen molar-refractivity contribution in [2.45, 2.75) is 38.4 Å². The topological polar surface area (TPSA) is 42.1 Å². The van der Waals surface area contributed by atoms with E-state index in [1.807, 2.05) is 30.2 Å². The molecule has 1 aromatic heterocycles. The largest absolute Gasteiger partial charge is 0.326 e. The highest BCUT2D eigenvalue weighted by Gasteiger charge is 2.31. The normalized spacial score (nSPS) is 24.7. The molecule has 0 amide bonds. The second kappa shape index (κ2) is 6.55. The summed E-state index contributed by atoms with van der Waals surface area (Å²) in [4.78, 5) is 6.81. The van der Waals surface area contributed by atoms with Gasteiger partial charge in [0.15, 0.2) is 0 Å². The molecule has 1 aliphatic heterocycles. The molecule has 100 valence electrons. The van der Waals surface area contributed by atoms with Gasteiger partial charge in [-0.15, -0.1) is 0 Å². The lowest BCUT2D eigenvalue weighted by molar-refractivity contribution is 0.137. The zero-order chi connectivity index (χ0) is 13.0. The predicted octanol–water partition coefficient (Wildman–Crippen LogP) is 2.30. The minimum absolute atomic E-state index is 0.180. The fraction of sp³-hybridized carbons (Fsp3) is 0.643. The van der Waals surface area contributed by atoms with Crippen molar-refractivity contribution >= 4 is 11.8 Å². The van der Waals surface area contributed by atoms with Crippen molar-refractivity contribution in [1.82, 2.24) is 9.88 Å². The van der Waals surface area contributed by atoms with Gasteiger partial charge in [-0.1, -0.05) is 13.0 Å². The summed E-state index contributed by atoms with van der Waals surface area (Å²) in [5, 5.41) is 0. The lowest BCUT2D eigenvalue weighted by Gasteiger charge is -2.41. The molecule has 1 fully saturated rings. The van der Waals surface area contributed by atoms with Crippen molar-refractivity contribution in [3.8, 4) is 0 Å². The fourth-order valence-electron chi connectivity index (χ4n) is 2.61. The van der Waals surface area contributed by atoms with E-state index in [9.17, 15) is 0 Å². The maximum atomic E-state index is 6.37. The van der Waals surface area contributed by atoms with Crippen LogP contribution in [0.3, 0.4) is 0 Å². The van der Waals surface area contributed by atoms with E-state index in [0.29, 0.717) is 12.1 Å². The third-order valence-electron chi connectivity index (χ3n) is 3.68. The fourth-order valence-corrected chi connectivity index (χ4v) is 3.65. The van der Waals surface area contributed by atoms with Gasteiger partial charge in [0.05, 0.1) is 6.04 Å². The second-order valence-corrected chi connectivity index (χ2v) is 6.11. The first-order valence-electron chi connectivity index (χ1n) is 6.73. The number of nitrogens with zero attached hydrogens (tertiary/aromatic N) is 2. The highest BCUT2D eigenvalue weighted by molar-refractivity contribution is 7.99. The molecule has 18 heavy (non-hydrogen) atoms. The van der Waals surface area contributed by atoms with Crippen LogP contribution in [0, 0.1) is 0 Å². The van der Waals surface area contributed by atoms with Crippen LogP contribution in [-0.4, -0.2) is 40.0 Å². The number of hydrogen-bond donors (Lipinski definition) is 1. The van der Waals surface area contributed by atoms with Crippen LogP contribution in [0.25, 0.3) is 0 Å². The summed E-state index contributed by atoms with van der Waals surface area (Å²) in [7, 11) is 0. The Kier molecular flexibility index (Phi) is 5.03. The molecule has 0 saturated carbocycles. The van der Waals surface area contributed by atoms with Gasteiger partial charge in [-0.25, -0.2) is 0 Å². The van der Waals surface area contributed by atoms with Gasteiger partial charge in [0.25, 0.3) is 0 Å². The highest BCUT2D eigenvalue weighted by atomic mass is 32.2. The molecule has 1 aliphatic rings. The molecule has 1 aromatic rings. The maximum absolute atomic E-state index is 6.37. The molecular weight excluding hydrogens is 242 g/mol. The predicted molar refractivity (Wildman–Crippen MR) is 78.7 cm³/mol. The van der Waals surface area contributed by atoms with E-state index in [-0.39, 0.29) is 6.04 Å². The Morgan fingerprint density at radius 1 is 1.61 bits per heavy atom. The Morgan fingerprint density at radius 2 is 2.44 bits per heavy atom. The number of nitrogens with two attached hydrogens (primary N) is 1. The van der Waals surface area contributed by atoms with Gasteiger partial charge < -0.3 is 5.73 Å². The highest BCUT2D eigenvalue weighted by Crippen LogP contribution is 2.30. The van der Waals surface area contributed by atoms with E-state index in [1.54, 1.807) is 0 Å². The third-order valence-corrected chi connectivity index (χ3v) is 4.87. The van der Waals surface area contributed by atoms with Crippen LogP contribution >= 0.6 is 11.8 Å². The average molecular weight is 265 g/mol. The molecule has 1 saturated heterocycles. The SMILES string of the molecule is CCC(N)C(c1cccnc1)N1CCSCC1C. The molecule has 4 heteroatoms. The van der Waals surface area contributed by atoms with Gasteiger partial charge in [0, 0.05) is 42.5 Å². The zero-order valence-corrected chi connectivity index (χ0v) is 12.1. The van der Waals surface area contributed by atoms with Crippen LogP contribution in [0.2, 0.25) is 0 Å². The quantitative estimate of drug-likeness (QED) is 0.907. The van der Waals surface area contributed by atoms with E-state index < -0.39 is 0 Å². The standard InChI is InChI=1S/C14H23N3S/c1-3-13(15)14(12-5-4-6-16-9-12)17-7-8-18-10-11(17)2/h4-6,9,11,13-14H,3,7-8,10,15H2,1-2H3. The number of thioether (sulfide) groups is 1. The van der Waals surface area contributed by atoms with E-state index in [0.717, 1.165) is 13.0 Å². The summed E-state index contributed by atoms with van der Waals surface area (Å²) in [5.41, 5.74) is 7.62. The van der Waals surface area contributed by atoms with Crippen LogP contribution in [-0.2, 0) is 0 Å². The summed E-state index contributed by atoms with van der Waals surface area (Å²) in [5.74, 6) is 2.41. The van der Waals surface area contributed by atoms with Crippen molar-refractivity contribution in [3.63, 3.8) is 0 Å². The zero-order valence-electron chi connectivity index (χ0n) is 11.2. The number of hydrogen-bond acceptors (Lipinski definition) is 4. The van der Waals surface area contributed by atoms with Crippen molar-refractivity contribution in [1.29, 1.82) is 0 Å². The van der Waals surface area contributed by atoms with Crippen LogP contribution in [0.15, 0.2) is 24.5 Å². The summed E-state index contributed by atoms with van der Waals surface area (Å²) >= 11 is 2.04. The second-order valence-electron chi connectivity index (χ2n) is 4.97. The Labute approximate surface area is 114 Å². The minimum atomic E-state index is 0.180. The molecule has 3 nitrogen and oxygen atoms in total. The Hall–Kier alpha value is -0.580. The van der Waals surface area contributed by atoms with E-state index >= 15 is 0 Å². The summed E-state index contributed by atoms with van der Waals surface area (Å²) in [6.07, 6.45) is 4.79. The van der Waals surface area contributed by atoms with E-state index in [2.05, 4.69) is 29.8 Å². The monoisotopic (exact) mass is 265 g/mol. The number of pyridine rings is 1. The Morgan fingerprint density at radius 3 is 3.06 bits per heavy atom. The molecule has 2 rings (SSSR count). The van der Waals surface area contributed by atoms with Gasteiger partial charge in [0.2, 0.25) is 0 Å². The summed E-state index contributed by atoms with van der Waals surface area (Å²) < 4.78 is 0. The molecule has 2 heterocycles. The molecule has 0 radical (unpaired) electrons. The van der Waals surface area contributed by atoms with Gasteiger partial charge in [0.1, 0.15) is 0 Å². The number of rotatable bonds is 4. The first-order chi connectivity index (χ1) is 8.74. The van der Waals surface area contributed by atoms with E-state index in [1.165, 1.54) is 17.1 Å². The Balaban J connectivity index is 2.24. The average Bonchev–Trinajstić information content (AvgIpc) is 2.42. The van der Waals surface area contributed by atoms with Crippen molar-refractivity contribution in [3.05, 3.63) is 30.1 Å². The van der Waals surface area contributed by atoms with Crippen LogP contribution < -0.4 is 5.73 Å². The van der Waals surface area contributed by atoms with Gasteiger partial charge in [-0.3, -0.25) is 9.88 Å². The summed E-state index contributed by atoms with van der Waals surface area (Å²) in [6.45, 7) is 5.59. The van der Waals surface area contributed by atoms with Crippen molar-refractivity contribution in [2.24, 2.45) is 5.73 Å². The molecule has 2 N–H and O–H groups in total. The van der Waals surface area contributed by atoms with Gasteiger partial charge in [-0.05, 0) is 25.0 Å². The number of aromatic nitrogens is 1. The first kappa shape index (κ1) is 13.8. The molecule has 0 spiro atoms. The molecule has 0 bridgehead atoms. The van der Waals surface area contributed by atoms with E-state index in [4.69, 9.17) is 5.73 Å². The molecule has 0 aliphatic carbocycles. The van der Waals surface area contributed by atoms with Crippen molar-refractivity contribution in [2.75, 3.05) is 18.1 Å². The molecule has 3 unspecified atom stereocenters. The Bertz CT molecular complexity index is 357. The van der Waals surface area contributed by atoms with Crippen LogP contribution in [0.5, 0.6) is 0 Å².